The summed E-state index contributed by atoms with van der Waals surface area (Å²) in [7, 11) is -1.62. The number of benzene rings is 1. The van der Waals surface area contributed by atoms with Crippen molar-refractivity contribution in [1.29, 1.82) is 0 Å². The smallest absolute Gasteiger partial charge is 0.264 e. The molecule has 2 heterocycles. The first-order valence-electron chi connectivity index (χ1n) is 8.10. The summed E-state index contributed by atoms with van der Waals surface area (Å²) in [5.41, 5.74) is 1.72. The first-order valence-corrected chi connectivity index (χ1v) is 9.99. The highest BCUT2D eigenvalue weighted by atomic mass is 32.2. The third kappa shape index (κ3) is 3.45. The molecule has 0 fully saturated rings. The molecule has 3 aromatic rings. The van der Waals surface area contributed by atoms with Gasteiger partial charge in [0, 0.05) is 24.9 Å². The van der Waals surface area contributed by atoms with E-state index in [0.29, 0.717) is 22.4 Å². The van der Waals surface area contributed by atoms with Crippen LogP contribution in [0, 0.1) is 0 Å². The summed E-state index contributed by atoms with van der Waals surface area (Å²) in [6, 6.07) is 8.30. The van der Waals surface area contributed by atoms with Crippen molar-refractivity contribution in [3.05, 3.63) is 47.0 Å². The second-order valence-electron chi connectivity index (χ2n) is 6.51. The first-order chi connectivity index (χ1) is 12.2. The lowest BCUT2D eigenvalue weighted by Crippen LogP contribution is -2.21. The van der Waals surface area contributed by atoms with Gasteiger partial charge in [0.2, 0.25) is 0 Å². The highest BCUT2D eigenvalue weighted by molar-refractivity contribution is 7.90. The lowest BCUT2D eigenvalue weighted by atomic mass is 10.1. The number of sulfone groups is 1. The number of aryl methyl sites for hydroxylation is 1. The van der Waals surface area contributed by atoms with Gasteiger partial charge in [-0.2, -0.15) is 0 Å². The average molecular weight is 372 g/mol. The molecule has 0 saturated heterocycles. The van der Waals surface area contributed by atoms with E-state index in [2.05, 4.69) is 15.3 Å². The molecule has 26 heavy (non-hydrogen) atoms. The van der Waals surface area contributed by atoms with Crippen LogP contribution in [-0.4, -0.2) is 35.3 Å². The Morgan fingerprint density at radius 1 is 1.15 bits per heavy atom. The second kappa shape index (κ2) is 6.53. The summed E-state index contributed by atoms with van der Waals surface area (Å²) >= 11 is 0. The zero-order chi connectivity index (χ0) is 19.1. The molecule has 0 bridgehead atoms. The molecule has 2 aromatic heterocycles. The van der Waals surface area contributed by atoms with Crippen molar-refractivity contribution in [3.8, 4) is 11.3 Å². The molecule has 1 aromatic carbocycles. The van der Waals surface area contributed by atoms with Gasteiger partial charge in [-0.1, -0.05) is 12.1 Å². The van der Waals surface area contributed by atoms with Crippen LogP contribution in [0.5, 0.6) is 0 Å². The molecule has 0 aliphatic carbocycles. The van der Waals surface area contributed by atoms with Crippen molar-refractivity contribution >= 4 is 26.6 Å². The molecule has 8 heteroatoms. The number of nitrogens with zero attached hydrogens (tertiary/aromatic N) is 3. The van der Waals surface area contributed by atoms with Crippen LogP contribution in [0.3, 0.4) is 0 Å². The summed E-state index contributed by atoms with van der Waals surface area (Å²) in [5.74, 6) is 0.466. The number of pyridine rings is 1. The van der Waals surface area contributed by atoms with E-state index in [0.717, 1.165) is 5.56 Å². The van der Waals surface area contributed by atoms with Crippen LogP contribution < -0.4 is 10.9 Å². The van der Waals surface area contributed by atoms with E-state index in [1.54, 1.807) is 37.4 Å². The highest BCUT2D eigenvalue weighted by Gasteiger charge is 2.14. The third-order valence-electron chi connectivity index (χ3n) is 3.91. The predicted octanol–water partition coefficient (Wildman–Crippen LogP) is 2.22. The molecule has 0 atom stereocenters. The minimum absolute atomic E-state index is 0.0819. The molecule has 7 nitrogen and oxygen atoms in total. The quantitative estimate of drug-likeness (QED) is 0.755. The lowest BCUT2D eigenvalue weighted by Gasteiger charge is -2.14. The Labute approximate surface area is 151 Å². The lowest BCUT2D eigenvalue weighted by molar-refractivity contribution is 0.602. The van der Waals surface area contributed by atoms with Gasteiger partial charge in [0.15, 0.2) is 9.84 Å². The fraction of sp³-hybridized carbons (Fsp3) is 0.278. The number of fused-ring (bicyclic) bond motifs is 1. The minimum atomic E-state index is -3.26. The SMILES string of the molecule is CC(C)Nc1nc(-c2ccc(S(C)(=O)=O)cc2)cc2ncn(C)c(=O)c12. The van der Waals surface area contributed by atoms with Crippen LogP contribution in [0.4, 0.5) is 5.82 Å². The maximum Gasteiger partial charge on any atom is 0.264 e. The van der Waals surface area contributed by atoms with E-state index in [1.807, 2.05) is 13.8 Å². The Bertz CT molecular complexity index is 1130. The first kappa shape index (κ1) is 18.1. The van der Waals surface area contributed by atoms with E-state index in [9.17, 15) is 13.2 Å². The summed E-state index contributed by atoms with van der Waals surface area (Å²) in [6.07, 6.45) is 2.64. The largest absolute Gasteiger partial charge is 0.367 e. The Hall–Kier alpha value is -2.74. The van der Waals surface area contributed by atoms with Gasteiger partial charge < -0.3 is 9.88 Å². The molecule has 0 radical (unpaired) electrons. The van der Waals surface area contributed by atoms with Crippen molar-refractivity contribution in [2.24, 2.45) is 7.05 Å². The van der Waals surface area contributed by atoms with Crippen LogP contribution >= 0.6 is 0 Å². The zero-order valence-electron chi connectivity index (χ0n) is 15.0. The van der Waals surface area contributed by atoms with E-state index < -0.39 is 9.84 Å². The molecule has 136 valence electrons. The van der Waals surface area contributed by atoms with Crippen molar-refractivity contribution in [2.75, 3.05) is 11.6 Å². The maximum absolute atomic E-state index is 12.5. The topological polar surface area (TPSA) is 93.9 Å². The highest BCUT2D eigenvalue weighted by Crippen LogP contribution is 2.26. The van der Waals surface area contributed by atoms with Crippen molar-refractivity contribution in [2.45, 2.75) is 24.8 Å². The van der Waals surface area contributed by atoms with Gasteiger partial charge in [0.05, 0.1) is 22.4 Å². The van der Waals surface area contributed by atoms with Crippen LogP contribution in [0.1, 0.15) is 13.8 Å². The van der Waals surface area contributed by atoms with Crippen molar-refractivity contribution < 1.29 is 8.42 Å². The van der Waals surface area contributed by atoms with E-state index in [-0.39, 0.29) is 16.5 Å². The Morgan fingerprint density at radius 3 is 2.38 bits per heavy atom. The fourth-order valence-corrected chi connectivity index (χ4v) is 3.25. The maximum atomic E-state index is 12.5. The number of anilines is 1. The molecule has 3 rings (SSSR count). The number of nitrogens with one attached hydrogen (secondary N) is 1. The van der Waals surface area contributed by atoms with Gasteiger partial charge in [0.25, 0.3) is 5.56 Å². The molecule has 0 aliphatic rings. The Kier molecular flexibility index (Phi) is 4.53. The number of hydrogen-bond acceptors (Lipinski definition) is 6. The summed E-state index contributed by atoms with van der Waals surface area (Å²) in [6.45, 7) is 3.92. The molecular formula is C18H20N4O3S. The molecule has 0 spiro atoms. The number of hydrogen-bond donors (Lipinski definition) is 1. The van der Waals surface area contributed by atoms with Gasteiger partial charge >= 0.3 is 0 Å². The average Bonchev–Trinajstić information content (AvgIpc) is 2.56. The second-order valence-corrected chi connectivity index (χ2v) is 8.52. The molecule has 0 unspecified atom stereocenters. The zero-order valence-corrected chi connectivity index (χ0v) is 15.8. The van der Waals surface area contributed by atoms with Gasteiger partial charge in [-0.25, -0.2) is 18.4 Å². The molecule has 0 saturated carbocycles. The molecule has 0 amide bonds. The van der Waals surface area contributed by atoms with E-state index in [4.69, 9.17) is 0 Å². The van der Waals surface area contributed by atoms with E-state index in [1.165, 1.54) is 17.2 Å². The molecule has 1 N–H and O–H groups in total. The summed E-state index contributed by atoms with van der Waals surface area (Å²) in [4.78, 5) is 21.7. The van der Waals surface area contributed by atoms with Gasteiger partial charge in [0.1, 0.15) is 11.2 Å². The minimum Gasteiger partial charge on any atom is -0.367 e. The van der Waals surface area contributed by atoms with Crippen molar-refractivity contribution in [1.82, 2.24) is 14.5 Å². The number of rotatable bonds is 4. The van der Waals surface area contributed by atoms with Crippen LogP contribution in [-0.2, 0) is 16.9 Å². The fourth-order valence-electron chi connectivity index (χ4n) is 2.62. The van der Waals surface area contributed by atoms with Crippen LogP contribution in [0.15, 0.2) is 46.3 Å². The van der Waals surface area contributed by atoms with Gasteiger partial charge in [-0.3, -0.25) is 4.79 Å². The third-order valence-corrected chi connectivity index (χ3v) is 5.03. The predicted molar refractivity (Wildman–Crippen MR) is 102 cm³/mol. The molecular weight excluding hydrogens is 352 g/mol. The summed E-state index contributed by atoms with van der Waals surface area (Å²) < 4.78 is 24.7. The van der Waals surface area contributed by atoms with Crippen molar-refractivity contribution in [3.63, 3.8) is 0 Å². The number of aromatic nitrogens is 3. The summed E-state index contributed by atoms with van der Waals surface area (Å²) in [5, 5.41) is 3.63. The van der Waals surface area contributed by atoms with E-state index >= 15 is 0 Å². The van der Waals surface area contributed by atoms with Crippen LogP contribution in [0.25, 0.3) is 22.2 Å². The van der Waals surface area contributed by atoms with Gasteiger partial charge in [-0.15, -0.1) is 0 Å². The standard InChI is InChI=1S/C18H20N4O3S/c1-11(2)20-17-16-15(19-10-22(3)18(16)23)9-14(21-17)12-5-7-13(8-6-12)26(4,24)25/h5-11H,1-4H3,(H,20,21). The van der Waals surface area contributed by atoms with Crippen LogP contribution in [0.2, 0.25) is 0 Å². The monoisotopic (exact) mass is 372 g/mol. The molecule has 0 aliphatic heterocycles. The van der Waals surface area contributed by atoms with Gasteiger partial charge in [-0.05, 0) is 32.0 Å². The Balaban J connectivity index is 2.21. The Morgan fingerprint density at radius 2 is 1.81 bits per heavy atom. The normalized spacial score (nSPS) is 11.9.